The zero-order valence-corrected chi connectivity index (χ0v) is 15.1. The summed E-state index contributed by atoms with van der Waals surface area (Å²) in [5.41, 5.74) is 0.722. The molecular weight excluding hydrogens is 296 g/mol. The Labute approximate surface area is 135 Å². The van der Waals surface area contributed by atoms with E-state index >= 15 is 0 Å². The Morgan fingerprint density at radius 1 is 1.00 bits per heavy atom. The third-order valence-corrected chi connectivity index (χ3v) is 5.11. The third kappa shape index (κ3) is 6.49. The number of hydrogen-bond donors (Lipinski definition) is 1. The molecule has 0 saturated heterocycles. The molecule has 0 aliphatic rings. The van der Waals surface area contributed by atoms with Gasteiger partial charge in [0.2, 0.25) is 0 Å². The van der Waals surface area contributed by atoms with E-state index in [4.69, 9.17) is 0 Å². The Morgan fingerprint density at radius 3 is 2.18 bits per heavy atom. The maximum atomic E-state index is 11.4. The fourth-order valence-electron chi connectivity index (χ4n) is 3.14. The zero-order chi connectivity index (χ0) is 16.8. The van der Waals surface area contributed by atoms with E-state index < -0.39 is 10.1 Å². The lowest BCUT2D eigenvalue weighted by Crippen LogP contribution is -2.06. The van der Waals surface area contributed by atoms with Gasteiger partial charge in [-0.25, -0.2) is 0 Å². The molecule has 0 fully saturated rings. The molecule has 0 heterocycles. The average Bonchev–Trinajstić information content (AvgIpc) is 2.41. The van der Waals surface area contributed by atoms with Gasteiger partial charge < -0.3 is 0 Å². The standard InChI is InChI=1S/C18H30O3S/c1-14(2)13-15(3)9-5-6-10-16(4)17-11-7-8-12-18(17)22(19,20)21/h7-8,11-12,14-16H,5-6,9-10,13H2,1-4H3,(H,19,20,21). The van der Waals surface area contributed by atoms with Crippen molar-refractivity contribution in [3.05, 3.63) is 29.8 Å². The zero-order valence-electron chi connectivity index (χ0n) is 14.2. The Hall–Kier alpha value is -0.870. The number of rotatable bonds is 9. The topological polar surface area (TPSA) is 54.4 Å². The molecule has 0 saturated carbocycles. The van der Waals surface area contributed by atoms with Gasteiger partial charge in [-0.05, 0) is 42.2 Å². The van der Waals surface area contributed by atoms with Gasteiger partial charge in [0, 0.05) is 0 Å². The van der Waals surface area contributed by atoms with Crippen molar-refractivity contribution in [2.45, 2.75) is 70.6 Å². The van der Waals surface area contributed by atoms with Crippen LogP contribution in [0.25, 0.3) is 0 Å². The smallest absolute Gasteiger partial charge is 0.282 e. The van der Waals surface area contributed by atoms with E-state index in [1.54, 1.807) is 12.1 Å². The van der Waals surface area contributed by atoms with Gasteiger partial charge >= 0.3 is 0 Å². The van der Waals surface area contributed by atoms with Crippen molar-refractivity contribution in [3.63, 3.8) is 0 Å². The van der Waals surface area contributed by atoms with Crippen molar-refractivity contribution < 1.29 is 13.0 Å². The molecule has 0 aromatic heterocycles. The van der Waals surface area contributed by atoms with Crippen LogP contribution in [0.1, 0.15) is 71.3 Å². The second-order valence-corrected chi connectivity index (χ2v) is 8.32. The molecule has 1 rings (SSSR count). The predicted octanol–water partition coefficient (Wildman–Crippen LogP) is 5.28. The third-order valence-electron chi connectivity index (χ3n) is 4.19. The molecule has 2 atom stereocenters. The maximum absolute atomic E-state index is 11.4. The molecule has 0 spiro atoms. The van der Waals surface area contributed by atoms with E-state index in [0.29, 0.717) is 0 Å². The molecule has 0 aliphatic heterocycles. The molecule has 2 unspecified atom stereocenters. The minimum Gasteiger partial charge on any atom is -0.282 e. The van der Waals surface area contributed by atoms with Gasteiger partial charge in [-0.3, -0.25) is 4.55 Å². The van der Waals surface area contributed by atoms with Crippen LogP contribution in [0.4, 0.5) is 0 Å². The number of benzene rings is 1. The van der Waals surface area contributed by atoms with Crippen LogP contribution in [0, 0.1) is 11.8 Å². The van der Waals surface area contributed by atoms with Crippen LogP contribution >= 0.6 is 0 Å². The summed E-state index contributed by atoms with van der Waals surface area (Å²) in [6, 6.07) is 6.75. The normalized spacial score (nSPS) is 15.0. The van der Waals surface area contributed by atoms with Gasteiger partial charge in [-0.2, -0.15) is 8.42 Å². The number of unbranched alkanes of at least 4 members (excludes halogenated alkanes) is 1. The van der Waals surface area contributed by atoms with Gasteiger partial charge in [0.25, 0.3) is 10.1 Å². The minimum absolute atomic E-state index is 0.0516. The maximum Gasteiger partial charge on any atom is 0.294 e. The van der Waals surface area contributed by atoms with Crippen LogP contribution in [0.5, 0.6) is 0 Å². The molecule has 4 heteroatoms. The molecule has 0 radical (unpaired) electrons. The summed E-state index contributed by atoms with van der Waals surface area (Å²) in [4.78, 5) is 0.0516. The van der Waals surface area contributed by atoms with Crippen molar-refractivity contribution in [1.82, 2.24) is 0 Å². The highest BCUT2D eigenvalue weighted by molar-refractivity contribution is 7.85. The van der Waals surface area contributed by atoms with Crippen LogP contribution in [0.3, 0.4) is 0 Å². The second-order valence-electron chi connectivity index (χ2n) is 6.93. The van der Waals surface area contributed by atoms with Gasteiger partial charge in [-0.15, -0.1) is 0 Å². The molecule has 22 heavy (non-hydrogen) atoms. The summed E-state index contributed by atoms with van der Waals surface area (Å²) in [7, 11) is -4.14. The SMILES string of the molecule is CC(C)CC(C)CCCCC(C)c1ccccc1S(=O)(=O)O. The highest BCUT2D eigenvalue weighted by atomic mass is 32.2. The molecule has 0 aliphatic carbocycles. The van der Waals surface area contributed by atoms with Crippen molar-refractivity contribution in [3.8, 4) is 0 Å². The Morgan fingerprint density at radius 2 is 1.59 bits per heavy atom. The first kappa shape index (κ1) is 19.2. The first-order chi connectivity index (χ1) is 10.2. The van der Waals surface area contributed by atoms with E-state index in [9.17, 15) is 13.0 Å². The van der Waals surface area contributed by atoms with Gasteiger partial charge in [-0.1, -0.05) is 65.2 Å². The molecule has 0 amide bonds. The Bertz CT molecular complexity index is 549. The lowest BCUT2D eigenvalue weighted by atomic mass is 9.91. The molecule has 1 aromatic carbocycles. The van der Waals surface area contributed by atoms with Crippen LogP contribution in [-0.4, -0.2) is 13.0 Å². The van der Waals surface area contributed by atoms with Gasteiger partial charge in [0.1, 0.15) is 0 Å². The lowest BCUT2D eigenvalue weighted by Gasteiger charge is -2.16. The predicted molar refractivity (Wildman–Crippen MR) is 91.8 cm³/mol. The van der Waals surface area contributed by atoms with E-state index in [0.717, 1.165) is 30.2 Å². The van der Waals surface area contributed by atoms with E-state index in [1.807, 2.05) is 13.0 Å². The minimum atomic E-state index is -4.14. The Balaban J connectivity index is 2.52. The molecular formula is C18H30O3S. The first-order valence-electron chi connectivity index (χ1n) is 8.28. The summed E-state index contributed by atoms with van der Waals surface area (Å²) in [5, 5.41) is 0. The van der Waals surface area contributed by atoms with E-state index in [1.165, 1.54) is 25.3 Å². The summed E-state index contributed by atoms with van der Waals surface area (Å²) in [6.45, 7) is 8.84. The van der Waals surface area contributed by atoms with Crippen LogP contribution in [-0.2, 0) is 10.1 Å². The van der Waals surface area contributed by atoms with Crippen LogP contribution in [0.2, 0.25) is 0 Å². The fourth-order valence-corrected chi connectivity index (χ4v) is 3.96. The monoisotopic (exact) mass is 326 g/mol. The molecule has 1 N–H and O–H groups in total. The van der Waals surface area contributed by atoms with Gasteiger partial charge in [0.15, 0.2) is 0 Å². The van der Waals surface area contributed by atoms with Crippen molar-refractivity contribution in [2.24, 2.45) is 11.8 Å². The number of hydrogen-bond acceptors (Lipinski definition) is 2. The average molecular weight is 327 g/mol. The molecule has 0 bridgehead atoms. The Kier molecular flexibility index (Phi) is 7.57. The molecule has 1 aromatic rings. The van der Waals surface area contributed by atoms with E-state index in [-0.39, 0.29) is 10.8 Å². The van der Waals surface area contributed by atoms with Crippen LogP contribution < -0.4 is 0 Å². The van der Waals surface area contributed by atoms with Crippen molar-refractivity contribution in [1.29, 1.82) is 0 Å². The fraction of sp³-hybridized carbons (Fsp3) is 0.667. The van der Waals surface area contributed by atoms with E-state index in [2.05, 4.69) is 20.8 Å². The van der Waals surface area contributed by atoms with Gasteiger partial charge in [0.05, 0.1) is 4.90 Å². The first-order valence-corrected chi connectivity index (χ1v) is 9.72. The summed E-state index contributed by atoms with van der Waals surface area (Å²) < 4.78 is 32.2. The highest BCUT2D eigenvalue weighted by Gasteiger charge is 2.18. The van der Waals surface area contributed by atoms with Crippen molar-refractivity contribution >= 4 is 10.1 Å². The van der Waals surface area contributed by atoms with Crippen molar-refractivity contribution in [2.75, 3.05) is 0 Å². The summed E-state index contributed by atoms with van der Waals surface area (Å²) in [6.07, 6.45) is 5.70. The molecule has 126 valence electrons. The summed E-state index contributed by atoms with van der Waals surface area (Å²) in [5.74, 6) is 1.63. The quantitative estimate of drug-likeness (QED) is 0.496. The second kappa shape index (κ2) is 8.68. The lowest BCUT2D eigenvalue weighted by molar-refractivity contribution is 0.396. The molecule has 3 nitrogen and oxygen atoms in total. The highest BCUT2D eigenvalue weighted by Crippen LogP contribution is 2.28. The summed E-state index contributed by atoms with van der Waals surface area (Å²) >= 11 is 0. The van der Waals surface area contributed by atoms with Crippen LogP contribution in [0.15, 0.2) is 29.2 Å². The largest absolute Gasteiger partial charge is 0.294 e.